The Balaban J connectivity index is 1.26. The molecule has 2 fully saturated rings. The lowest BCUT2D eigenvalue weighted by molar-refractivity contribution is 0.183. The van der Waals surface area contributed by atoms with Crippen LogP contribution in [0, 0.1) is 5.82 Å². The Hall–Kier alpha value is -3.98. The number of pyridine rings is 2. The first-order chi connectivity index (χ1) is 19.0. The Labute approximate surface area is 226 Å². The molecule has 2 atom stereocenters. The molecule has 4 aromatic rings. The van der Waals surface area contributed by atoms with E-state index in [0.717, 1.165) is 48.0 Å². The number of rotatable bonds is 7. The van der Waals surface area contributed by atoms with E-state index in [1.807, 2.05) is 39.9 Å². The van der Waals surface area contributed by atoms with E-state index >= 15 is 4.39 Å². The van der Waals surface area contributed by atoms with Crippen LogP contribution < -0.4 is 16.2 Å². The molecular weight excluding hydrogens is 495 g/mol. The molecule has 0 bridgehead atoms. The minimum Gasteiger partial charge on any atom is -0.343 e. The summed E-state index contributed by atoms with van der Waals surface area (Å²) in [4.78, 5) is 32.0. The van der Waals surface area contributed by atoms with Gasteiger partial charge >= 0.3 is 6.03 Å². The quantitative estimate of drug-likeness (QED) is 0.383. The maximum absolute atomic E-state index is 15.2. The lowest BCUT2D eigenvalue weighted by atomic mass is 9.86. The van der Waals surface area contributed by atoms with Crippen LogP contribution in [0.3, 0.4) is 0 Å². The molecule has 8 nitrogen and oxygen atoms in total. The lowest BCUT2D eigenvalue weighted by Gasteiger charge is -2.35. The van der Waals surface area contributed by atoms with Crippen molar-refractivity contribution in [1.29, 1.82) is 0 Å². The SMILES string of the molecule is Cn1ccc(C2CCNCC2NC(=O)N(Cc2cn(Cc3ccncc3)c3cccc(F)c23)C2CC2)cc1=O. The second kappa shape index (κ2) is 10.6. The first-order valence-electron chi connectivity index (χ1n) is 13.6. The molecule has 202 valence electrons. The molecule has 2 unspecified atom stereocenters. The summed E-state index contributed by atoms with van der Waals surface area (Å²) in [7, 11) is 1.73. The third-order valence-electron chi connectivity index (χ3n) is 7.97. The zero-order chi connectivity index (χ0) is 26.9. The number of piperidine rings is 1. The minimum atomic E-state index is -0.283. The number of carbonyl (C=O) groups excluding carboxylic acids is 1. The van der Waals surface area contributed by atoms with Crippen molar-refractivity contribution in [1.82, 2.24) is 29.7 Å². The number of aryl methyl sites for hydroxylation is 1. The molecule has 0 radical (unpaired) electrons. The van der Waals surface area contributed by atoms with Gasteiger partial charge in [-0.2, -0.15) is 0 Å². The maximum atomic E-state index is 15.2. The zero-order valence-corrected chi connectivity index (χ0v) is 22.0. The van der Waals surface area contributed by atoms with Crippen molar-refractivity contribution in [2.75, 3.05) is 13.1 Å². The molecule has 9 heteroatoms. The second-order valence-corrected chi connectivity index (χ2v) is 10.7. The summed E-state index contributed by atoms with van der Waals surface area (Å²) in [5, 5.41) is 7.20. The van der Waals surface area contributed by atoms with Gasteiger partial charge in [0.25, 0.3) is 5.56 Å². The third-order valence-corrected chi connectivity index (χ3v) is 7.97. The fraction of sp³-hybridized carbons (Fsp3) is 0.367. The number of nitrogens with zero attached hydrogens (tertiary/aromatic N) is 4. The van der Waals surface area contributed by atoms with Crippen molar-refractivity contribution >= 4 is 16.9 Å². The summed E-state index contributed by atoms with van der Waals surface area (Å²) >= 11 is 0. The number of urea groups is 1. The molecule has 39 heavy (non-hydrogen) atoms. The molecule has 1 aliphatic carbocycles. The molecule has 6 rings (SSSR count). The molecule has 1 aromatic carbocycles. The van der Waals surface area contributed by atoms with Gasteiger partial charge in [-0.25, -0.2) is 9.18 Å². The Morgan fingerprint density at radius 2 is 2.00 bits per heavy atom. The highest BCUT2D eigenvalue weighted by molar-refractivity contribution is 5.85. The van der Waals surface area contributed by atoms with Gasteiger partial charge in [0.05, 0.1) is 5.52 Å². The van der Waals surface area contributed by atoms with Gasteiger partial charge in [0, 0.05) is 86.5 Å². The Morgan fingerprint density at radius 1 is 1.18 bits per heavy atom. The molecule has 2 N–H and O–H groups in total. The van der Waals surface area contributed by atoms with E-state index in [0.29, 0.717) is 25.0 Å². The normalized spacial score (nSPS) is 19.2. The summed E-state index contributed by atoms with van der Waals surface area (Å²) in [6, 6.07) is 12.5. The topological polar surface area (TPSA) is 84.2 Å². The highest BCUT2D eigenvalue weighted by Crippen LogP contribution is 2.33. The highest BCUT2D eigenvalue weighted by atomic mass is 19.1. The van der Waals surface area contributed by atoms with E-state index < -0.39 is 0 Å². The van der Waals surface area contributed by atoms with Gasteiger partial charge in [0.2, 0.25) is 0 Å². The van der Waals surface area contributed by atoms with Crippen molar-refractivity contribution in [2.45, 2.75) is 50.4 Å². The van der Waals surface area contributed by atoms with Crippen molar-refractivity contribution < 1.29 is 9.18 Å². The number of amides is 2. The molecule has 1 saturated carbocycles. The zero-order valence-electron chi connectivity index (χ0n) is 22.0. The number of halogens is 1. The van der Waals surface area contributed by atoms with E-state index in [-0.39, 0.29) is 35.4 Å². The molecule has 2 amide bonds. The molecule has 1 aliphatic heterocycles. The number of nitrogens with one attached hydrogen (secondary N) is 2. The highest BCUT2D eigenvalue weighted by Gasteiger charge is 2.36. The largest absolute Gasteiger partial charge is 0.343 e. The van der Waals surface area contributed by atoms with Gasteiger partial charge in [-0.05, 0) is 67.3 Å². The fourth-order valence-corrected chi connectivity index (χ4v) is 5.71. The van der Waals surface area contributed by atoms with Crippen LogP contribution in [0.5, 0.6) is 0 Å². The van der Waals surface area contributed by atoms with Crippen molar-refractivity contribution in [3.8, 4) is 0 Å². The second-order valence-electron chi connectivity index (χ2n) is 10.7. The molecule has 3 aromatic heterocycles. The van der Waals surface area contributed by atoms with Crippen LogP contribution in [0.4, 0.5) is 9.18 Å². The molecule has 0 spiro atoms. The summed E-state index contributed by atoms with van der Waals surface area (Å²) in [6.07, 6.45) is 9.96. The number of benzene rings is 1. The number of carbonyl (C=O) groups is 1. The molecule has 2 aliphatic rings. The van der Waals surface area contributed by atoms with Gasteiger partial charge in [0.1, 0.15) is 5.82 Å². The van der Waals surface area contributed by atoms with Gasteiger partial charge < -0.3 is 24.7 Å². The monoisotopic (exact) mass is 528 g/mol. The third kappa shape index (κ3) is 5.31. The van der Waals surface area contributed by atoms with Crippen molar-refractivity contribution in [3.63, 3.8) is 0 Å². The first-order valence-corrected chi connectivity index (χ1v) is 13.6. The van der Waals surface area contributed by atoms with Gasteiger partial charge in [-0.1, -0.05) is 6.07 Å². The van der Waals surface area contributed by atoms with Crippen LogP contribution in [0.2, 0.25) is 0 Å². The van der Waals surface area contributed by atoms with E-state index in [9.17, 15) is 9.59 Å². The summed E-state index contributed by atoms with van der Waals surface area (Å²) in [5.41, 5.74) is 3.57. The molecular formula is C30H33FN6O2. The Morgan fingerprint density at radius 3 is 2.77 bits per heavy atom. The van der Waals surface area contributed by atoms with E-state index in [1.165, 1.54) is 6.07 Å². The van der Waals surface area contributed by atoms with Gasteiger partial charge in [0.15, 0.2) is 0 Å². The Bertz CT molecular complexity index is 1540. The smallest absolute Gasteiger partial charge is 0.318 e. The van der Waals surface area contributed by atoms with E-state index in [2.05, 4.69) is 15.6 Å². The summed E-state index contributed by atoms with van der Waals surface area (Å²) in [5.74, 6) is -0.237. The predicted octanol–water partition coefficient (Wildman–Crippen LogP) is 3.74. The maximum Gasteiger partial charge on any atom is 0.318 e. The minimum absolute atomic E-state index is 0.0462. The standard InChI is InChI=1S/C30H33FN6O2/c1-35-14-10-21(15-28(35)38)24-9-13-33-16-26(24)34-30(39)37(23-5-6-23)19-22-18-36(17-20-7-11-32-12-8-20)27-4-2-3-25(31)29(22)27/h2-4,7-8,10-12,14-15,18,23-24,26,33H,5-6,9,13,16-17,19H2,1H3,(H,34,39). The van der Waals surface area contributed by atoms with Crippen molar-refractivity contribution in [2.24, 2.45) is 7.05 Å². The van der Waals surface area contributed by atoms with Crippen LogP contribution in [0.25, 0.3) is 10.9 Å². The summed E-state index contributed by atoms with van der Waals surface area (Å²) < 4.78 is 18.8. The van der Waals surface area contributed by atoms with Crippen LogP contribution >= 0.6 is 0 Å². The number of aromatic nitrogens is 3. The fourth-order valence-electron chi connectivity index (χ4n) is 5.71. The number of hydrogen-bond donors (Lipinski definition) is 2. The lowest BCUT2D eigenvalue weighted by Crippen LogP contribution is -2.53. The molecule has 1 saturated heterocycles. The summed E-state index contributed by atoms with van der Waals surface area (Å²) in [6.45, 7) is 2.37. The Kier molecular flexibility index (Phi) is 6.91. The van der Waals surface area contributed by atoms with Crippen molar-refractivity contribution in [3.05, 3.63) is 100 Å². The number of hydrogen-bond acceptors (Lipinski definition) is 4. The number of fused-ring (bicyclic) bond motifs is 1. The predicted molar refractivity (Wildman–Crippen MR) is 148 cm³/mol. The van der Waals surface area contributed by atoms with E-state index in [1.54, 1.807) is 42.3 Å². The van der Waals surface area contributed by atoms with Crippen LogP contribution in [0.15, 0.2) is 72.0 Å². The average molecular weight is 529 g/mol. The van der Waals surface area contributed by atoms with Gasteiger partial charge in [-0.3, -0.25) is 9.78 Å². The van der Waals surface area contributed by atoms with Crippen LogP contribution in [-0.2, 0) is 20.1 Å². The van der Waals surface area contributed by atoms with Crippen LogP contribution in [0.1, 0.15) is 41.9 Å². The van der Waals surface area contributed by atoms with Crippen LogP contribution in [-0.4, -0.2) is 50.2 Å². The first kappa shape index (κ1) is 25.3. The average Bonchev–Trinajstić information content (AvgIpc) is 3.72. The van der Waals surface area contributed by atoms with E-state index in [4.69, 9.17) is 0 Å². The van der Waals surface area contributed by atoms with Gasteiger partial charge in [-0.15, -0.1) is 0 Å². The molecule has 4 heterocycles.